The second kappa shape index (κ2) is 16.5. The molecular formula is C37H39ClN6O5. The van der Waals surface area contributed by atoms with Crippen molar-refractivity contribution in [2.24, 2.45) is 4.99 Å². The maximum atomic E-state index is 13.4. The lowest BCUT2D eigenvalue weighted by Crippen LogP contribution is -2.47. The van der Waals surface area contributed by atoms with Crippen molar-refractivity contribution < 1.29 is 23.9 Å². The van der Waals surface area contributed by atoms with Gasteiger partial charge >= 0.3 is 6.09 Å². The third-order valence-electron chi connectivity index (χ3n) is 7.71. The lowest BCUT2D eigenvalue weighted by Gasteiger charge is -2.33. The highest BCUT2D eigenvalue weighted by molar-refractivity contribution is 6.30. The molecule has 1 aliphatic rings. The molecule has 1 N–H and O–H groups in total. The van der Waals surface area contributed by atoms with Gasteiger partial charge in [-0.25, -0.2) is 9.79 Å². The summed E-state index contributed by atoms with van der Waals surface area (Å²) in [5.41, 5.74) is 3.61. The lowest BCUT2D eigenvalue weighted by atomic mass is 10.1. The van der Waals surface area contributed by atoms with E-state index >= 15 is 0 Å². The Hall–Kier alpha value is -5.55. The number of benzene rings is 4. The molecule has 1 aliphatic heterocycles. The molecule has 12 heteroatoms. The van der Waals surface area contributed by atoms with Crippen molar-refractivity contribution in [3.63, 3.8) is 0 Å². The molecule has 0 radical (unpaired) electrons. The number of carbonyl (C=O) groups excluding carboxylic acids is 3. The Morgan fingerprint density at radius 1 is 0.857 bits per heavy atom. The molecule has 0 unspecified atom stereocenters. The standard InChI is InChI=1S/C37H39ClN6O5/c1-41(2)31-19-10-11-20-33(31)49-37(47)44(38)36-40-30-18-12-21-32(29(30)25-43(36)26-34(45)39-28-16-8-5-9-17-28)48-23-13-22-35(46)42(3)24-27-14-6-4-7-15-27/h4-12,14-21H,13,22-26H2,1-3H3,(H,39,45). The van der Waals surface area contributed by atoms with Gasteiger partial charge in [0.15, 0.2) is 5.75 Å². The summed E-state index contributed by atoms with van der Waals surface area (Å²) < 4.78 is 12.6. The molecule has 1 heterocycles. The molecule has 4 aromatic carbocycles. The van der Waals surface area contributed by atoms with Crippen LogP contribution in [-0.4, -0.2) is 72.4 Å². The molecular weight excluding hydrogens is 644 g/mol. The predicted molar refractivity (Wildman–Crippen MR) is 191 cm³/mol. The minimum atomic E-state index is -0.888. The summed E-state index contributed by atoms with van der Waals surface area (Å²) in [4.78, 5) is 49.1. The number of rotatable bonds is 12. The summed E-state index contributed by atoms with van der Waals surface area (Å²) in [6.07, 6.45) is -0.0529. The van der Waals surface area contributed by atoms with Crippen LogP contribution < -0.4 is 19.7 Å². The van der Waals surface area contributed by atoms with E-state index in [4.69, 9.17) is 26.2 Å². The molecule has 11 nitrogen and oxygen atoms in total. The van der Waals surface area contributed by atoms with Crippen molar-refractivity contribution in [1.82, 2.24) is 14.2 Å². The van der Waals surface area contributed by atoms with Gasteiger partial charge in [-0.1, -0.05) is 66.7 Å². The third kappa shape index (κ3) is 9.29. The number of halogens is 1. The molecule has 0 aromatic heterocycles. The van der Waals surface area contributed by atoms with E-state index in [1.54, 1.807) is 53.2 Å². The molecule has 0 spiro atoms. The Morgan fingerprint density at radius 2 is 1.53 bits per heavy atom. The van der Waals surface area contributed by atoms with Gasteiger partial charge in [0.2, 0.25) is 17.8 Å². The first-order valence-electron chi connectivity index (χ1n) is 15.8. The van der Waals surface area contributed by atoms with Crippen LogP contribution in [0, 0.1) is 0 Å². The number of nitrogens with one attached hydrogen (secondary N) is 1. The van der Waals surface area contributed by atoms with Crippen LogP contribution in [0.25, 0.3) is 0 Å². The largest absolute Gasteiger partial charge is 0.493 e. The highest BCUT2D eigenvalue weighted by Gasteiger charge is 2.32. The molecule has 3 amide bonds. The van der Waals surface area contributed by atoms with Crippen LogP contribution in [0.3, 0.4) is 0 Å². The zero-order chi connectivity index (χ0) is 34.8. The fourth-order valence-electron chi connectivity index (χ4n) is 5.25. The topological polar surface area (TPSA) is 107 Å². The van der Waals surface area contributed by atoms with Gasteiger partial charge in [-0.05, 0) is 48.4 Å². The Balaban J connectivity index is 1.30. The lowest BCUT2D eigenvalue weighted by molar-refractivity contribution is -0.130. The van der Waals surface area contributed by atoms with Crippen LogP contribution in [0.4, 0.5) is 21.9 Å². The molecule has 4 aromatic rings. The monoisotopic (exact) mass is 682 g/mol. The molecule has 0 saturated heterocycles. The molecule has 5 rings (SSSR count). The fourth-order valence-corrected chi connectivity index (χ4v) is 5.43. The highest BCUT2D eigenvalue weighted by atomic mass is 35.5. The number of fused-ring (bicyclic) bond motifs is 1. The zero-order valence-electron chi connectivity index (χ0n) is 27.7. The average Bonchev–Trinajstić information content (AvgIpc) is 3.10. The van der Waals surface area contributed by atoms with Crippen LogP contribution in [0.5, 0.6) is 11.5 Å². The minimum Gasteiger partial charge on any atom is -0.493 e. The van der Waals surface area contributed by atoms with E-state index in [0.29, 0.717) is 60.1 Å². The summed E-state index contributed by atoms with van der Waals surface area (Å²) in [6, 6.07) is 31.3. The van der Waals surface area contributed by atoms with Crippen molar-refractivity contribution in [1.29, 1.82) is 0 Å². The second-order valence-electron chi connectivity index (χ2n) is 11.6. The van der Waals surface area contributed by atoms with Gasteiger partial charge in [-0.15, -0.1) is 0 Å². The smallest absolute Gasteiger partial charge is 0.437 e. The SMILES string of the molecule is CN(Cc1ccccc1)C(=O)CCCOc1cccc2c1CN(CC(=O)Nc1ccccc1)C(N(Cl)C(=O)Oc1ccccc1N(C)C)=N2. The Bertz CT molecular complexity index is 1790. The summed E-state index contributed by atoms with van der Waals surface area (Å²) >= 11 is 6.62. The molecule has 0 fully saturated rings. The van der Waals surface area contributed by atoms with Gasteiger partial charge in [0.1, 0.15) is 12.3 Å². The molecule has 0 bridgehead atoms. The quantitative estimate of drug-likeness (QED) is 0.131. The van der Waals surface area contributed by atoms with E-state index < -0.39 is 6.09 Å². The van der Waals surface area contributed by atoms with Gasteiger partial charge in [-0.3, -0.25) is 9.59 Å². The van der Waals surface area contributed by atoms with Crippen molar-refractivity contribution in [3.05, 3.63) is 114 Å². The van der Waals surface area contributed by atoms with E-state index in [2.05, 4.69) is 5.32 Å². The van der Waals surface area contributed by atoms with Crippen molar-refractivity contribution in [3.8, 4) is 11.5 Å². The fraction of sp³-hybridized carbons (Fsp3) is 0.243. The minimum absolute atomic E-state index is 0.0221. The van der Waals surface area contributed by atoms with Crippen molar-refractivity contribution >= 4 is 52.7 Å². The van der Waals surface area contributed by atoms with Crippen LogP contribution in [-0.2, 0) is 22.7 Å². The number of guanidine groups is 1. The molecule has 254 valence electrons. The summed E-state index contributed by atoms with van der Waals surface area (Å²) in [5, 5.41) is 2.87. The van der Waals surface area contributed by atoms with Gasteiger partial charge in [0, 0.05) is 57.1 Å². The molecule has 0 atom stereocenters. The first-order valence-corrected chi connectivity index (χ1v) is 16.2. The Kier molecular flexibility index (Phi) is 11.7. The van der Waals surface area contributed by atoms with E-state index in [1.807, 2.05) is 85.7 Å². The van der Waals surface area contributed by atoms with Crippen LogP contribution in [0.1, 0.15) is 24.0 Å². The summed E-state index contributed by atoms with van der Waals surface area (Å²) in [5.74, 6) is 0.579. The second-order valence-corrected chi connectivity index (χ2v) is 12.0. The number of carbonyl (C=O) groups is 3. The average molecular weight is 683 g/mol. The normalized spacial score (nSPS) is 11.9. The number of aliphatic imine (C=N–C) groups is 1. The van der Waals surface area contributed by atoms with Crippen LogP contribution in [0.2, 0.25) is 0 Å². The van der Waals surface area contributed by atoms with Crippen molar-refractivity contribution in [2.75, 3.05) is 44.5 Å². The van der Waals surface area contributed by atoms with Gasteiger partial charge < -0.3 is 29.5 Å². The highest BCUT2D eigenvalue weighted by Crippen LogP contribution is 2.35. The van der Waals surface area contributed by atoms with E-state index in [1.165, 1.54) is 0 Å². The predicted octanol–water partition coefficient (Wildman–Crippen LogP) is 6.67. The first-order chi connectivity index (χ1) is 23.7. The first kappa shape index (κ1) is 34.8. The Morgan fingerprint density at radius 3 is 2.27 bits per heavy atom. The maximum absolute atomic E-state index is 13.4. The number of hydrogen-bond donors (Lipinski definition) is 1. The van der Waals surface area contributed by atoms with Crippen molar-refractivity contribution in [2.45, 2.75) is 25.9 Å². The van der Waals surface area contributed by atoms with E-state index in [9.17, 15) is 14.4 Å². The third-order valence-corrected chi connectivity index (χ3v) is 8.00. The molecule has 0 saturated carbocycles. The van der Waals surface area contributed by atoms with Gasteiger partial charge in [0.05, 0.1) is 24.5 Å². The van der Waals surface area contributed by atoms with E-state index in [0.717, 1.165) is 9.98 Å². The zero-order valence-corrected chi connectivity index (χ0v) is 28.5. The van der Waals surface area contributed by atoms with Gasteiger partial charge in [-0.2, -0.15) is 4.42 Å². The van der Waals surface area contributed by atoms with E-state index in [-0.39, 0.29) is 30.9 Å². The number of nitrogens with zero attached hydrogens (tertiary/aromatic N) is 5. The van der Waals surface area contributed by atoms with Crippen LogP contribution >= 0.6 is 11.8 Å². The number of hydrogen-bond acceptors (Lipinski definition) is 8. The number of ether oxygens (including phenoxy) is 2. The van der Waals surface area contributed by atoms with Crippen LogP contribution in [0.15, 0.2) is 108 Å². The Labute approximate surface area is 291 Å². The van der Waals surface area contributed by atoms with Gasteiger partial charge in [0.25, 0.3) is 0 Å². The molecule has 0 aliphatic carbocycles. The maximum Gasteiger partial charge on any atom is 0.437 e. The molecule has 49 heavy (non-hydrogen) atoms. The number of para-hydroxylation sites is 3. The number of amides is 3. The summed E-state index contributed by atoms with van der Waals surface area (Å²) in [6.45, 7) is 0.824. The number of anilines is 2. The summed E-state index contributed by atoms with van der Waals surface area (Å²) in [7, 11) is 5.46.